The Morgan fingerprint density at radius 2 is 2.05 bits per heavy atom. The Balaban J connectivity index is 2.16. The number of likely N-dealkylation sites (N-methyl/N-ethyl adjacent to an activating group) is 1. The van der Waals surface area contributed by atoms with Crippen molar-refractivity contribution < 1.29 is 0 Å². The summed E-state index contributed by atoms with van der Waals surface area (Å²) in [6, 6.07) is 6.86. The highest BCUT2D eigenvalue weighted by Crippen LogP contribution is 2.28. The van der Waals surface area contributed by atoms with Gasteiger partial charge in [0.2, 0.25) is 0 Å². The first-order valence-corrected chi connectivity index (χ1v) is 8.09. The standard InChI is InChI=1S/C16H26BrN3/c1-12(18)9-13-5-6-14(10-15(13)17)20-8-7-19(4)16(2,3)11-20/h5-6,10,12H,7-9,11,18H2,1-4H3. The van der Waals surface area contributed by atoms with Crippen LogP contribution in [0.25, 0.3) is 0 Å². The quantitative estimate of drug-likeness (QED) is 0.918. The molecule has 2 N–H and O–H groups in total. The van der Waals surface area contributed by atoms with Gasteiger partial charge >= 0.3 is 0 Å². The molecule has 1 aromatic rings. The molecule has 2 rings (SSSR count). The molecule has 3 nitrogen and oxygen atoms in total. The minimum atomic E-state index is 0.194. The van der Waals surface area contributed by atoms with E-state index in [1.165, 1.54) is 15.7 Å². The second kappa shape index (κ2) is 6.04. The van der Waals surface area contributed by atoms with E-state index in [1.807, 2.05) is 6.92 Å². The molecule has 1 saturated heterocycles. The van der Waals surface area contributed by atoms with Crippen LogP contribution in [0, 0.1) is 0 Å². The molecule has 0 spiro atoms. The second-order valence-corrected chi connectivity index (χ2v) is 7.47. The fourth-order valence-electron chi connectivity index (χ4n) is 2.71. The van der Waals surface area contributed by atoms with Gasteiger partial charge in [-0.05, 0) is 51.9 Å². The topological polar surface area (TPSA) is 32.5 Å². The maximum Gasteiger partial charge on any atom is 0.0378 e. The number of benzene rings is 1. The predicted octanol–water partition coefficient (Wildman–Crippen LogP) is 2.87. The van der Waals surface area contributed by atoms with Gasteiger partial charge in [-0.3, -0.25) is 4.90 Å². The molecule has 1 aliphatic heterocycles. The largest absolute Gasteiger partial charge is 0.368 e. The van der Waals surface area contributed by atoms with Crippen LogP contribution in [0.2, 0.25) is 0 Å². The van der Waals surface area contributed by atoms with E-state index in [1.54, 1.807) is 0 Å². The van der Waals surface area contributed by atoms with Crippen molar-refractivity contribution in [2.45, 2.75) is 38.8 Å². The Kier molecular flexibility index (Phi) is 4.77. The minimum Gasteiger partial charge on any atom is -0.368 e. The highest BCUT2D eigenvalue weighted by atomic mass is 79.9. The Morgan fingerprint density at radius 3 is 2.60 bits per heavy atom. The van der Waals surface area contributed by atoms with Gasteiger partial charge in [-0.15, -0.1) is 0 Å². The molecule has 20 heavy (non-hydrogen) atoms. The molecule has 1 atom stereocenters. The lowest BCUT2D eigenvalue weighted by Crippen LogP contribution is -2.57. The molecular formula is C16H26BrN3. The van der Waals surface area contributed by atoms with Crippen LogP contribution < -0.4 is 10.6 Å². The lowest BCUT2D eigenvalue weighted by Gasteiger charge is -2.46. The zero-order chi connectivity index (χ0) is 14.9. The van der Waals surface area contributed by atoms with Crippen LogP contribution in [0.15, 0.2) is 22.7 Å². The summed E-state index contributed by atoms with van der Waals surface area (Å²) in [6.07, 6.45) is 0.912. The lowest BCUT2D eigenvalue weighted by molar-refractivity contribution is 0.139. The van der Waals surface area contributed by atoms with Crippen molar-refractivity contribution in [2.24, 2.45) is 5.73 Å². The van der Waals surface area contributed by atoms with E-state index in [4.69, 9.17) is 5.73 Å². The van der Waals surface area contributed by atoms with Crippen LogP contribution in [-0.4, -0.2) is 43.2 Å². The van der Waals surface area contributed by atoms with Gasteiger partial charge in [-0.1, -0.05) is 22.0 Å². The lowest BCUT2D eigenvalue weighted by atomic mass is 9.99. The number of piperazine rings is 1. The van der Waals surface area contributed by atoms with E-state index in [-0.39, 0.29) is 11.6 Å². The Bertz CT molecular complexity index is 471. The Hall–Kier alpha value is -0.580. The maximum absolute atomic E-state index is 5.89. The van der Waals surface area contributed by atoms with Gasteiger partial charge in [0.15, 0.2) is 0 Å². The van der Waals surface area contributed by atoms with E-state index >= 15 is 0 Å². The van der Waals surface area contributed by atoms with Crippen molar-refractivity contribution in [1.82, 2.24) is 4.90 Å². The SMILES string of the molecule is CC(N)Cc1ccc(N2CCN(C)C(C)(C)C2)cc1Br. The zero-order valence-electron chi connectivity index (χ0n) is 13.0. The van der Waals surface area contributed by atoms with Gasteiger partial charge in [0.1, 0.15) is 0 Å². The molecule has 0 radical (unpaired) electrons. The molecular weight excluding hydrogens is 314 g/mol. The molecule has 1 fully saturated rings. The fourth-order valence-corrected chi connectivity index (χ4v) is 3.23. The molecule has 0 aliphatic carbocycles. The monoisotopic (exact) mass is 339 g/mol. The number of nitrogens with two attached hydrogens (primary N) is 1. The van der Waals surface area contributed by atoms with Crippen molar-refractivity contribution >= 4 is 21.6 Å². The van der Waals surface area contributed by atoms with Gasteiger partial charge in [0, 0.05) is 41.4 Å². The van der Waals surface area contributed by atoms with Crippen molar-refractivity contribution in [3.63, 3.8) is 0 Å². The van der Waals surface area contributed by atoms with Crippen LogP contribution in [0.3, 0.4) is 0 Å². The van der Waals surface area contributed by atoms with Crippen molar-refractivity contribution in [3.8, 4) is 0 Å². The molecule has 4 heteroatoms. The summed E-state index contributed by atoms with van der Waals surface area (Å²) >= 11 is 3.69. The van der Waals surface area contributed by atoms with Gasteiger partial charge in [0.05, 0.1) is 0 Å². The van der Waals surface area contributed by atoms with Gasteiger partial charge in [-0.2, -0.15) is 0 Å². The number of anilines is 1. The van der Waals surface area contributed by atoms with E-state index in [0.29, 0.717) is 0 Å². The Labute approximate surface area is 131 Å². The number of nitrogens with zero attached hydrogens (tertiary/aromatic N) is 2. The summed E-state index contributed by atoms with van der Waals surface area (Å²) in [4.78, 5) is 4.91. The van der Waals surface area contributed by atoms with Crippen molar-refractivity contribution in [3.05, 3.63) is 28.2 Å². The molecule has 1 aromatic carbocycles. The maximum atomic E-state index is 5.89. The third-order valence-electron chi connectivity index (χ3n) is 4.26. The van der Waals surface area contributed by atoms with Gasteiger partial charge < -0.3 is 10.6 Å². The van der Waals surface area contributed by atoms with Crippen molar-refractivity contribution in [2.75, 3.05) is 31.6 Å². The number of hydrogen-bond acceptors (Lipinski definition) is 3. The van der Waals surface area contributed by atoms with Gasteiger partial charge in [-0.25, -0.2) is 0 Å². The third kappa shape index (κ3) is 3.54. The van der Waals surface area contributed by atoms with Crippen LogP contribution in [0.1, 0.15) is 26.3 Å². The molecule has 112 valence electrons. The molecule has 0 saturated carbocycles. The number of hydrogen-bond donors (Lipinski definition) is 1. The van der Waals surface area contributed by atoms with Crippen LogP contribution in [0.5, 0.6) is 0 Å². The molecule has 0 amide bonds. The summed E-state index contributed by atoms with van der Waals surface area (Å²) < 4.78 is 1.17. The summed E-state index contributed by atoms with van der Waals surface area (Å²) in [5.74, 6) is 0. The fraction of sp³-hybridized carbons (Fsp3) is 0.625. The van der Waals surface area contributed by atoms with Crippen LogP contribution >= 0.6 is 15.9 Å². The summed E-state index contributed by atoms with van der Waals surface area (Å²) in [5, 5.41) is 0. The van der Waals surface area contributed by atoms with Gasteiger partial charge in [0.25, 0.3) is 0 Å². The van der Waals surface area contributed by atoms with E-state index in [9.17, 15) is 0 Å². The zero-order valence-corrected chi connectivity index (χ0v) is 14.6. The molecule has 1 heterocycles. The number of halogens is 1. The third-order valence-corrected chi connectivity index (χ3v) is 5.00. The summed E-state index contributed by atoms with van der Waals surface area (Å²) in [7, 11) is 2.21. The molecule has 1 aliphatic rings. The smallest absolute Gasteiger partial charge is 0.0378 e. The minimum absolute atomic E-state index is 0.194. The number of rotatable bonds is 3. The van der Waals surface area contributed by atoms with Crippen molar-refractivity contribution in [1.29, 1.82) is 0 Å². The predicted molar refractivity (Wildman–Crippen MR) is 90.4 cm³/mol. The molecule has 0 aromatic heterocycles. The molecule has 1 unspecified atom stereocenters. The average molecular weight is 340 g/mol. The highest BCUT2D eigenvalue weighted by Gasteiger charge is 2.31. The van der Waals surface area contributed by atoms with Crippen LogP contribution in [-0.2, 0) is 6.42 Å². The van der Waals surface area contributed by atoms with Crippen LogP contribution in [0.4, 0.5) is 5.69 Å². The molecule has 0 bridgehead atoms. The van der Waals surface area contributed by atoms with E-state index in [2.05, 4.69) is 64.8 Å². The first kappa shape index (κ1) is 15.8. The normalized spacial score (nSPS) is 21.0. The average Bonchev–Trinajstić information content (AvgIpc) is 2.34. The Morgan fingerprint density at radius 1 is 1.35 bits per heavy atom. The first-order valence-electron chi connectivity index (χ1n) is 7.30. The summed E-state index contributed by atoms with van der Waals surface area (Å²) in [6.45, 7) is 9.90. The highest BCUT2D eigenvalue weighted by molar-refractivity contribution is 9.10. The summed E-state index contributed by atoms with van der Waals surface area (Å²) in [5.41, 5.74) is 8.69. The first-order chi connectivity index (χ1) is 9.29. The van der Waals surface area contributed by atoms with E-state index < -0.39 is 0 Å². The second-order valence-electron chi connectivity index (χ2n) is 6.61. The van der Waals surface area contributed by atoms with E-state index in [0.717, 1.165) is 26.1 Å².